The number of aromatic carboxylic acids is 1. The van der Waals surface area contributed by atoms with E-state index in [0.29, 0.717) is 22.7 Å². The summed E-state index contributed by atoms with van der Waals surface area (Å²) in [7, 11) is 1.55. The van der Waals surface area contributed by atoms with Gasteiger partial charge in [0, 0.05) is 23.7 Å². The minimum atomic E-state index is -0.981. The van der Waals surface area contributed by atoms with Crippen LogP contribution in [0.2, 0.25) is 0 Å². The number of carboxylic acid groups (broad SMARTS) is 1. The first-order chi connectivity index (χ1) is 15.5. The maximum absolute atomic E-state index is 13.6. The van der Waals surface area contributed by atoms with Gasteiger partial charge in [0.1, 0.15) is 23.1 Å². The maximum atomic E-state index is 13.6. The number of fused-ring (bicyclic) bond motifs is 1. The molecular formula is C24H20FN3O4. The van der Waals surface area contributed by atoms with Crippen LogP contribution in [0.25, 0.3) is 10.8 Å². The van der Waals surface area contributed by atoms with E-state index in [1.165, 1.54) is 18.3 Å². The molecule has 0 spiro atoms. The zero-order valence-electron chi connectivity index (χ0n) is 17.4. The van der Waals surface area contributed by atoms with Crippen LogP contribution in [0, 0.1) is 5.82 Å². The molecule has 8 heteroatoms. The minimum absolute atomic E-state index is 0.204. The molecule has 4 aromatic rings. The summed E-state index contributed by atoms with van der Waals surface area (Å²) in [6, 6.07) is 14.0. The molecule has 0 saturated carbocycles. The Morgan fingerprint density at radius 3 is 2.59 bits per heavy atom. The Balaban J connectivity index is 1.74. The highest BCUT2D eigenvalue weighted by molar-refractivity contribution is 5.99. The molecule has 7 nitrogen and oxygen atoms in total. The van der Waals surface area contributed by atoms with Crippen LogP contribution >= 0.6 is 0 Å². The van der Waals surface area contributed by atoms with Crippen molar-refractivity contribution in [3.05, 3.63) is 83.9 Å². The average Bonchev–Trinajstić information content (AvgIpc) is 2.79. The van der Waals surface area contributed by atoms with E-state index < -0.39 is 11.8 Å². The van der Waals surface area contributed by atoms with Gasteiger partial charge in [0.2, 0.25) is 5.88 Å². The number of carboxylic acids is 1. The second kappa shape index (κ2) is 8.89. The van der Waals surface area contributed by atoms with E-state index in [9.17, 15) is 9.18 Å². The standard InChI is InChI=1S/C24H20FN3O4/c1-14(15-6-8-16(9-7-15)24(29)30)28-22-21-19(10-11-26-22)20(31-2)13-27-23(21)32-18-5-3-4-17(25)12-18/h3-14H,1-2H3,(H,26,28)(H,29,30). The van der Waals surface area contributed by atoms with Crippen molar-refractivity contribution < 1.29 is 23.8 Å². The molecular weight excluding hydrogens is 413 g/mol. The number of carbonyl (C=O) groups is 1. The lowest BCUT2D eigenvalue weighted by Crippen LogP contribution is -2.09. The molecule has 0 radical (unpaired) electrons. The van der Waals surface area contributed by atoms with Crippen molar-refractivity contribution >= 4 is 22.6 Å². The van der Waals surface area contributed by atoms with Gasteiger partial charge in [-0.1, -0.05) is 18.2 Å². The second-order valence-electron chi connectivity index (χ2n) is 7.07. The van der Waals surface area contributed by atoms with Gasteiger partial charge in [-0.2, -0.15) is 0 Å². The van der Waals surface area contributed by atoms with Crippen molar-refractivity contribution in [2.45, 2.75) is 13.0 Å². The fraction of sp³-hybridized carbons (Fsp3) is 0.125. The molecule has 1 unspecified atom stereocenters. The number of pyridine rings is 2. The normalized spacial score (nSPS) is 11.7. The Bertz CT molecular complexity index is 1280. The Kier molecular flexibility index (Phi) is 5.85. The van der Waals surface area contributed by atoms with Crippen LogP contribution < -0.4 is 14.8 Å². The Hall–Kier alpha value is -4.20. The molecule has 162 valence electrons. The fourth-order valence-corrected chi connectivity index (χ4v) is 3.33. The first-order valence-electron chi connectivity index (χ1n) is 9.81. The van der Waals surface area contributed by atoms with E-state index in [1.54, 1.807) is 55.8 Å². The largest absolute Gasteiger partial charge is 0.494 e. The molecule has 4 rings (SSSR count). The van der Waals surface area contributed by atoms with Crippen molar-refractivity contribution in [2.75, 3.05) is 12.4 Å². The van der Waals surface area contributed by atoms with Gasteiger partial charge in [-0.15, -0.1) is 0 Å². The fourth-order valence-electron chi connectivity index (χ4n) is 3.33. The number of nitrogens with one attached hydrogen (secondary N) is 1. The van der Waals surface area contributed by atoms with Gasteiger partial charge >= 0.3 is 5.97 Å². The molecule has 32 heavy (non-hydrogen) atoms. The predicted octanol–water partition coefficient (Wildman–Crippen LogP) is 5.44. The molecule has 1 atom stereocenters. The van der Waals surface area contributed by atoms with E-state index >= 15 is 0 Å². The van der Waals surface area contributed by atoms with Crippen molar-refractivity contribution in [1.29, 1.82) is 0 Å². The van der Waals surface area contributed by atoms with Crippen LogP contribution in [-0.4, -0.2) is 28.2 Å². The van der Waals surface area contributed by atoms with Gasteiger partial charge in [-0.05, 0) is 42.8 Å². The van der Waals surface area contributed by atoms with Gasteiger partial charge < -0.3 is 19.9 Å². The topological polar surface area (TPSA) is 93.6 Å². The maximum Gasteiger partial charge on any atom is 0.335 e. The zero-order valence-corrected chi connectivity index (χ0v) is 17.4. The van der Waals surface area contributed by atoms with Crippen molar-refractivity contribution in [1.82, 2.24) is 9.97 Å². The second-order valence-corrected chi connectivity index (χ2v) is 7.07. The monoisotopic (exact) mass is 433 g/mol. The number of nitrogens with zero attached hydrogens (tertiary/aromatic N) is 2. The van der Waals surface area contributed by atoms with Crippen LogP contribution in [0.3, 0.4) is 0 Å². The number of ether oxygens (including phenoxy) is 2. The number of hydrogen-bond acceptors (Lipinski definition) is 6. The zero-order chi connectivity index (χ0) is 22.7. The van der Waals surface area contributed by atoms with Crippen molar-refractivity contribution in [2.24, 2.45) is 0 Å². The number of methoxy groups -OCH3 is 1. The van der Waals surface area contributed by atoms with Gasteiger partial charge in [0.25, 0.3) is 0 Å². The van der Waals surface area contributed by atoms with Crippen LogP contribution in [0.4, 0.5) is 10.2 Å². The SMILES string of the molecule is COc1cnc(Oc2cccc(F)c2)c2c(NC(C)c3ccc(C(=O)O)cc3)nccc12. The van der Waals surface area contributed by atoms with Crippen LogP contribution in [0.15, 0.2) is 67.0 Å². The Morgan fingerprint density at radius 1 is 1.12 bits per heavy atom. The molecule has 2 N–H and O–H groups in total. The molecule has 2 aromatic heterocycles. The van der Waals surface area contributed by atoms with Gasteiger partial charge in [0.15, 0.2) is 0 Å². The molecule has 0 bridgehead atoms. The van der Waals surface area contributed by atoms with E-state index in [0.717, 1.165) is 10.9 Å². The first-order valence-corrected chi connectivity index (χ1v) is 9.81. The van der Waals surface area contributed by atoms with Crippen LogP contribution in [0.1, 0.15) is 28.9 Å². The number of hydrogen-bond donors (Lipinski definition) is 2. The van der Waals surface area contributed by atoms with Gasteiger partial charge in [-0.3, -0.25) is 0 Å². The molecule has 2 heterocycles. The smallest absolute Gasteiger partial charge is 0.335 e. The highest BCUT2D eigenvalue weighted by Gasteiger charge is 2.17. The molecule has 0 fully saturated rings. The summed E-state index contributed by atoms with van der Waals surface area (Å²) < 4.78 is 25.0. The van der Waals surface area contributed by atoms with Crippen LogP contribution in [-0.2, 0) is 0 Å². The first kappa shape index (κ1) is 21.0. The predicted molar refractivity (Wildman–Crippen MR) is 118 cm³/mol. The Morgan fingerprint density at radius 2 is 1.91 bits per heavy atom. The quantitative estimate of drug-likeness (QED) is 0.401. The van der Waals surface area contributed by atoms with Crippen molar-refractivity contribution in [3.63, 3.8) is 0 Å². The summed E-state index contributed by atoms with van der Waals surface area (Å²) in [5.74, 6) is 0.178. The van der Waals surface area contributed by atoms with Crippen LogP contribution in [0.5, 0.6) is 17.4 Å². The van der Waals surface area contributed by atoms with Gasteiger partial charge in [-0.25, -0.2) is 19.2 Å². The molecule has 0 amide bonds. The Labute approximate surface area is 183 Å². The highest BCUT2D eigenvalue weighted by atomic mass is 19.1. The molecule has 0 saturated heterocycles. The summed E-state index contributed by atoms with van der Waals surface area (Å²) in [6.45, 7) is 1.93. The summed E-state index contributed by atoms with van der Waals surface area (Å²) >= 11 is 0. The third-order valence-corrected chi connectivity index (χ3v) is 4.97. The van der Waals surface area contributed by atoms with E-state index in [4.69, 9.17) is 14.6 Å². The number of rotatable bonds is 7. The highest BCUT2D eigenvalue weighted by Crippen LogP contribution is 2.38. The number of benzene rings is 2. The van der Waals surface area contributed by atoms with Crippen molar-refractivity contribution in [3.8, 4) is 17.4 Å². The summed E-state index contributed by atoms with van der Waals surface area (Å²) in [6.07, 6.45) is 3.17. The lowest BCUT2D eigenvalue weighted by atomic mass is 10.1. The molecule has 0 aliphatic heterocycles. The summed E-state index contributed by atoms with van der Waals surface area (Å²) in [4.78, 5) is 19.9. The minimum Gasteiger partial charge on any atom is -0.494 e. The van der Waals surface area contributed by atoms with E-state index in [-0.39, 0.29) is 17.5 Å². The average molecular weight is 433 g/mol. The van der Waals surface area contributed by atoms with E-state index in [2.05, 4.69) is 15.3 Å². The third kappa shape index (κ3) is 4.29. The lowest BCUT2D eigenvalue weighted by Gasteiger charge is -2.18. The molecule has 0 aliphatic carbocycles. The number of anilines is 1. The molecule has 0 aliphatic rings. The number of aromatic nitrogens is 2. The summed E-state index contributed by atoms with van der Waals surface area (Å²) in [5.41, 5.74) is 1.08. The lowest BCUT2D eigenvalue weighted by molar-refractivity contribution is 0.0697. The third-order valence-electron chi connectivity index (χ3n) is 4.97. The van der Waals surface area contributed by atoms with Gasteiger partial charge in [0.05, 0.1) is 24.3 Å². The summed E-state index contributed by atoms with van der Waals surface area (Å²) in [5, 5.41) is 13.7. The number of halogens is 1. The molecule has 2 aromatic carbocycles. The van der Waals surface area contributed by atoms with E-state index in [1.807, 2.05) is 6.92 Å².